The molecular formula is C14H23N3O2S. The number of likely N-dealkylation sites (N-methyl/N-ethyl adjacent to an activating group) is 1. The van der Waals surface area contributed by atoms with E-state index in [1.807, 2.05) is 14.1 Å². The molecule has 1 aromatic heterocycles. The fourth-order valence-electron chi connectivity index (χ4n) is 2.82. The zero-order valence-corrected chi connectivity index (χ0v) is 13.3. The van der Waals surface area contributed by atoms with E-state index in [0.717, 1.165) is 0 Å². The van der Waals surface area contributed by atoms with Crippen molar-refractivity contribution >= 4 is 10.0 Å². The van der Waals surface area contributed by atoms with E-state index in [4.69, 9.17) is 0 Å². The normalized spacial score (nSPS) is 24.7. The van der Waals surface area contributed by atoms with Gasteiger partial charge in [0.1, 0.15) is 4.90 Å². The van der Waals surface area contributed by atoms with Gasteiger partial charge in [0.05, 0.1) is 0 Å². The molecule has 0 aromatic carbocycles. The highest BCUT2D eigenvalue weighted by molar-refractivity contribution is 7.89. The minimum Gasteiger partial charge on any atom is -0.305 e. The van der Waals surface area contributed by atoms with Crippen LogP contribution in [0.2, 0.25) is 0 Å². The van der Waals surface area contributed by atoms with Gasteiger partial charge in [0, 0.05) is 31.5 Å². The third-order valence-electron chi connectivity index (χ3n) is 4.09. The highest BCUT2D eigenvalue weighted by Gasteiger charge is 2.41. The van der Waals surface area contributed by atoms with E-state index in [-0.39, 0.29) is 10.9 Å². The van der Waals surface area contributed by atoms with Crippen LogP contribution in [0.1, 0.15) is 13.8 Å². The van der Waals surface area contributed by atoms with Gasteiger partial charge in [-0.25, -0.2) is 8.42 Å². The fourth-order valence-corrected chi connectivity index (χ4v) is 4.28. The number of rotatable bonds is 4. The number of sulfonamides is 1. The lowest BCUT2D eigenvalue weighted by atomic mass is 9.91. The quantitative estimate of drug-likeness (QED) is 0.840. The van der Waals surface area contributed by atoms with E-state index in [1.165, 1.54) is 6.20 Å². The minimum atomic E-state index is -3.43. The van der Waals surface area contributed by atoms with Crippen molar-refractivity contribution in [2.24, 2.45) is 11.8 Å². The molecule has 20 heavy (non-hydrogen) atoms. The first-order valence-electron chi connectivity index (χ1n) is 6.90. The van der Waals surface area contributed by atoms with Gasteiger partial charge >= 0.3 is 0 Å². The topological polar surface area (TPSA) is 53.5 Å². The Hall–Kier alpha value is -0.980. The van der Waals surface area contributed by atoms with Gasteiger partial charge in [0.2, 0.25) is 10.0 Å². The molecule has 6 heteroatoms. The van der Waals surface area contributed by atoms with Crippen LogP contribution in [0.3, 0.4) is 0 Å². The van der Waals surface area contributed by atoms with Crippen molar-refractivity contribution in [2.75, 3.05) is 27.2 Å². The number of aromatic nitrogens is 1. The van der Waals surface area contributed by atoms with Crippen molar-refractivity contribution in [2.45, 2.75) is 24.8 Å². The van der Waals surface area contributed by atoms with Crippen LogP contribution >= 0.6 is 0 Å². The van der Waals surface area contributed by atoms with E-state index in [2.05, 4.69) is 23.7 Å². The van der Waals surface area contributed by atoms with E-state index < -0.39 is 10.0 Å². The average molecular weight is 297 g/mol. The summed E-state index contributed by atoms with van der Waals surface area (Å²) >= 11 is 0. The highest BCUT2D eigenvalue weighted by Crippen LogP contribution is 2.30. The zero-order valence-electron chi connectivity index (χ0n) is 12.5. The van der Waals surface area contributed by atoms with Crippen LogP contribution in [0.5, 0.6) is 0 Å². The second-order valence-electron chi connectivity index (χ2n) is 5.95. The Kier molecular flexibility index (Phi) is 4.46. The van der Waals surface area contributed by atoms with E-state index in [9.17, 15) is 8.42 Å². The summed E-state index contributed by atoms with van der Waals surface area (Å²) in [6.45, 7) is 5.44. The molecule has 0 saturated carbocycles. The number of hydrogen-bond acceptors (Lipinski definition) is 4. The molecule has 0 radical (unpaired) electrons. The maximum atomic E-state index is 12.6. The SMILES string of the molecule is CC(C)[C@@H]1CN(S(=O)(=O)c2cccnc2)C[C@H]1N(C)C. The molecule has 5 nitrogen and oxygen atoms in total. The second kappa shape index (κ2) is 5.79. The van der Waals surface area contributed by atoms with Crippen molar-refractivity contribution in [3.05, 3.63) is 24.5 Å². The van der Waals surface area contributed by atoms with Crippen LogP contribution in [0.4, 0.5) is 0 Å². The molecule has 0 spiro atoms. The zero-order chi connectivity index (χ0) is 14.9. The molecule has 0 bridgehead atoms. The molecule has 2 heterocycles. The van der Waals surface area contributed by atoms with Crippen molar-refractivity contribution in [1.82, 2.24) is 14.2 Å². The number of nitrogens with zero attached hydrogens (tertiary/aromatic N) is 3. The molecule has 1 fully saturated rings. The van der Waals surface area contributed by atoms with Crippen molar-refractivity contribution < 1.29 is 8.42 Å². The Morgan fingerprint density at radius 2 is 2.05 bits per heavy atom. The predicted molar refractivity (Wildman–Crippen MR) is 78.8 cm³/mol. The Balaban J connectivity index is 2.27. The van der Waals surface area contributed by atoms with Gasteiger partial charge in [-0.05, 0) is 38.1 Å². The second-order valence-corrected chi connectivity index (χ2v) is 7.89. The lowest BCUT2D eigenvalue weighted by molar-refractivity contribution is 0.216. The molecule has 0 aliphatic carbocycles. The van der Waals surface area contributed by atoms with Crippen LogP contribution < -0.4 is 0 Å². The molecule has 2 rings (SSSR count). The first-order chi connectivity index (χ1) is 9.34. The minimum absolute atomic E-state index is 0.265. The van der Waals surface area contributed by atoms with Crippen molar-refractivity contribution in [3.63, 3.8) is 0 Å². The molecule has 1 aromatic rings. The van der Waals surface area contributed by atoms with Crippen LogP contribution in [0, 0.1) is 11.8 Å². The summed E-state index contributed by atoms with van der Waals surface area (Å²) < 4.78 is 26.9. The number of hydrogen-bond donors (Lipinski definition) is 0. The Morgan fingerprint density at radius 1 is 1.35 bits per heavy atom. The van der Waals surface area contributed by atoms with Gasteiger partial charge in [-0.1, -0.05) is 13.8 Å². The van der Waals surface area contributed by atoms with Gasteiger partial charge < -0.3 is 4.90 Å². The van der Waals surface area contributed by atoms with Crippen LogP contribution in [0.25, 0.3) is 0 Å². The predicted octanol–water partition coefficient (Wildman–Crippen LogP) is 1.29. The average Bonchev–Trinajstić information content (AvgIpc) is 2.85. The molecule has 2 atom stereocenters. The summed E-state index contributed by atoms with van der Waals surface area (Å²) in [4.78, 5) is 6.32. The van der Waals surface area contributed by atoms with Gasteiger partial charge in [-0.2, -0.15) is 4.31 Å². The molecule has 0 unspecified atom stereocenters. The van der Waals surface area contributed by atoms with Gasteiger partial charge in [-0.3, -0.25) is 4.98 Å². The maximum Gasteiger partial charge on any atom is 0.244 e. The van der Waals surface area contributed by atoms with E-state index in [1.54, 1.807) is 22.6 Å². The van der Waals surface area contributed by atoms with E-state index in [0.29, 0.717) is 24.9 Å². The first-order valence-corrected chi connectivity index (χ1v) is 8.34. The summed E-state index contributed by atoms with van der Waals surface area (Å²) in [6.07, 6.45) is 3.01. The first kappa shape index (κ1) is 15.4. The summed E-state index contributed by atoms with van der Waals surface area (Å²) in [7, 11) is 0.601. The number of pyridine rings is 1. The standard InChI is InChI=1S/C14H23N3O2S/c1-11(2)13-9-17(10-14(13)16(3)4)20(18,19)12-6-5-7-15-8-12/h5-8,11,13-14H,9-10H2,1-4H3/t13-,14+/m0/s1. The maximum absolute atomic E-state index is 12.6. The van der Waals surface area contributed by atoms with Gasteiger partial charge in [-0.15, -0.1) is 0 Å². The monoisotopic (exact) mass is 297 g/mol. The Bertz CT molecular complexity index is 527. The molecule has 1 saturated heterocycles. The van der Waals surface area contributed by atoms with Crippen molar-refractivity contribution in [3.8, 4) is 0 Å². The molecular weight excluding hydrogens is 274 g/mol. The van der Waals surface area contributed by atoms with Gasteiger partial charge in [0.25, 0.3) is 0 Å². The van der Waals surface area contributed by atoms with Crippen molar-refractivity contribution in [1.29, 1.82) is 0 Å². The Labute approximate surface area is 121 Å². The molecule has 1 aliphatic rings. The third kappa shape index (κ3) is 2.87. The molecule has 0 N–H and O–H groups in total. The van der Waals surface area contributed by atoms with E-state index >= 15 is 0 Å². The third-order valence-corrected chi connectivity index (χ3v) is 5.91. The van der Waals surface area contributed by atoms with Crippen LogP contribution in [0.15, 0.2) is 29.4 Å². The molecule has 1 aliphatic heterocycles. The Morgan fingerprint density at radius 3 is 2.50 bits per heavy atom. The molecule has 112 valence electrons. The lowest BCUT2D eigenvalue weighted by Gasteiger charge is -2.27. The smallest absolute Gasteiger partial charge is 0.244 e. The molecule has 0 amide bonds. The fraction of sp³-hybridized carbons (Fsp3) is 0.643. The van der Waals surface area contributed by atoms with Crippen LogP contribution in [-0.4, -0.2) is 55.8 Å². The summed E-state index contributed by atoms with van der Waals surface area (Å²) in [6, 6.07) is 3.53. The largest absolute Gasteiger partial charge is 0.305 e. The summed E-state index contributed by atoms with van der Waals surface area (Å²) in [5.74, 6) is 0.813. The highest BCUT2D eigenvalue weighted by atomic mass is 32.2. The summed E-state index contributed by atoms with van der Waals surface area (Å²) in [5, 5.41) is 0. The van der Waals surface area contributed by atoms with Crippen LogP contribution in [-0.2, 0) is 10.0 Å². The summed E-state index contributed by atoms with van der Waals surface area (Å²) in [5.41, 5.74) is 0. The lowest BCUT2D eigenvalue weighted by Crippen LogP contribution is -2.37. The van der Waals surface area contributed by atoms with Gasteiger partial charge in [0.15, 0.2) is 0 Å².